The second-order valence-corrected chi connectivity index (χ2v) is 6.32. The number of ether oxygens (including phenoxy) is 1. The normalized spacial score (nSPS) is 16.7. The Morgan fingerprint density at radius 2 is 1.78 bits per heavy atom. The number of benzene rings is 2. The van der Waals surface area contributed by atoms with Crippen molar-refractivity contribution in [1.82, 2.24) is 5.32 Å². The van der Waals surface area contributed by atoms with Gasteiger partial charge in [-0.3, -0.25) is 5.32 Å². The van der Waals surface area contributed by atoms with Gasteiger partial charge in [0.1, 0.15) is 0 Å². The Labute approximate surface area is 138 Å². The van der Waals surface area contributed by atoms with Crippen molar-refractivity contribution < 1.29 is 9.84 Å². The summed E-state index contributed by atoms with van der Waals surface area (Å²) in [6, 6.07) is 17.8. The largest absolute Gasteiger partial charge is 0.504 e. The molecule has 0 aromatic heterocycles. The van der Waals surface area contributed by atoms with Crippen molar-refractivity contribution in [3.8, 4) is 11.5 Å². The van der Waals surface area contributed by atoms with Crippen LogP contribution in [0.3, 0.4) is 0 Å². The van der Waals surface area contributed by atoms with E-state index >= 15 is 0 Å². The molecule has 0 amide bonds. The minimum Gasteiger partial charge on any atom is -0.504 e. The van der Waals surface area contributed by atoms with Crippen LogP contribution in [0.4, 0.5) is 0 Å². The second kappa shape index (κ2) is 7.05. The van der Waals surface area contributed by atoms with E-state index in [1.165, 1.54) is 18.4 Å². The first-order valence-electron chi connectivity index (χ1n) is 8.43. The smallest absolute Gasteiger partial charge is 0.163 e. The van der Waals surface area contributed by atoms with Crippen molar-refractivity contribution in [2.45, 2.75) is 37.8 Å². The molecule has 3 rings (SSSR count). The third kappa shape index (κ3) is 3.85. The van der Waals surface area contributed by atoms with E-state index in [-0.39, 0.29) is 11.5 Å². The molecule has 2 N–H and O–H groups in total. The molecular formula is C20H25NO2. The van der Waals surface area contributed by atoms with Crippen LogP contribution in [0.15, 0.2) is 54.6 Å². The highest BCUT2D eigenvalue weighted by atomic mass is 16.5. The number of para-hydroxylation sites is 2. The minimum atomic E-state index is -0.381. The fourth-order valence-corrected chi connectivity index (χ4v) is 3.21. The quantitative estimate of drug-likeness (QED) is 0.721. The lowest BCUT2D eigenvalue weighted by molar-refractivity contribution is 0.00540. The zero-order valence-electron chi connectivity index (χ0n) is 13.7. The highest BCUT2D eigenvalue weighted by Crippen LogP contribution is 2.44. The topological polar surface area (TPSA) is 41.5 Å². The lowest BCUT2D eigenvalue weighted by Gasteiger charge is -2.35. The van der Waals surface area contributed by atoms with Crippen molar-refractivity contribution in [2.24, 2.45) is 5.92 Å². The Balaban J connectivity index is 1.68. The number of rotatable bonds is 8. The highest BCUT2D eigenvalue weighted by molar-refractivity contribution is 5.38. The highest BCUT2D eigenvalue weighted by Gasteiger charge is 2.46. The summed E-state index contributed by atoms with van der Waals surface area (Å²) < 4.78 is 6.28. The van der Waals surface area contributed by atoms with Gasteiger partial charge in [0.15, 0.2) is 17.2 Å². The third-order valence-corrected chi connectivity index (χ3v) is 4.67. The van der Waals surface area contributed by atoms with Crippen LogP contribution in [0, 0.1) is 5.92 Å². The molecule has 1 atom stereocenters. The van der Waals surface area contributed by atoms with E-state index in [1.54, 1.807) is 6.07 Å². The number of nitrogens with one attached hydrogen (secondary N) is 1. The summed E-state index contributed by atoms with van der Waals surface area (Å²) in [5.41, 5.74) is 0.976. The maximum Gasteiger partial charge on any atom is 0.163 e. The van der Waals surface area contributed by atoms with Gasteiger partial charge < -0.3 is 9.84 Å². The molecular weight excluding hydrogens is 286 g/mol. The first-order chi connectivity index (χ1) is 11.2. The molecule has 0 radical (unpaired) electrons. The standard InChI is InChI=1S/C20H25NO2/c1-21-20(17-13-14-17,23-19-12-6-5-11-18(19)22)15-7-10-16-8-3-2-4-9-16/h2-6,8-9,11-12,17,21-22H,7,10,13-15H2,1H3. The summed E-state index contributed by atoms with van der Waals surface area (Å²) >= 11 is 0. The van der Waals surface area contributed by atoms with Crippen LogP contribution in [0.1, 0.15) is 31.2 Å². The fourth-order valence-electron chi connectivity index (χ4n) is 3.21. The number of phenolic OH excluding ortho intramolecular Hbond substituents is 1. The van der Waals surface area contributed by atoms with Crippen LogP contribution < -0.4 is 10.1 Å². The zero-order chi connectivity index (χ0) is 16.1. The van der Waals surface area contributed by atoms with Crippen LogP contribution in [0.25, 0.3) is 0 Å². The summed E-state index contributed by atoms with van der Waals surface area (Å²) in [7, 11) is 1.96. The molecule has 1 saturated carbocycles. The van der Waals surface area contributed by atoms with Gasteiger partial charge in [0.25, 0.3) is 0 Å². The number of hydrogen-bond acceptors (Lipinski definition) is 3. The summed E-state index contributed by atoms with van der Waals surface area (Å²) in [6.45, 7) is 0. The molecule has 2 aromatic rings. The van der Waals surface area contributed by atoms with Gasteiger partial charge >= 0.3 is 0 Å². The monoisotopic (exact) mass is 311 g/mol. The van der Waals surface area contributed by atoms with Crippen LogP contribution in [0.5, 0.6) is 11.5 Å². The molecule has 0 aliphatic heterocycles. The number of hydrogen-bond donors (Lipinski definition) is 2. The molecule has 1 fully saturated rings. The molecule has 0 bridgehead atoms. The van der Waals surface area contributed by atoms with Crippen LogP contribution in [0.2, 0.25) is 0 Å². The first-order valence-corrected chi connectivity index (χ1v) is 8.43. The Hall–Kier alpha value is -2.00. The van der Waals surface area contributed by atoms with Crippen molar-refractivity contribution in [2.75, 3.05) is 7.05 Å². The molecule has 3 nitrogen and oxygen atoms in total. The molecule has 1 unspecified atom stereocenters. The van der Waals surface area contributed by atoms with Crippen LogP contribution in [-0.4, -0.2) is 17.9 Å². The molecule has 23 heavy (non-hydrogen) atoms. The van der Waals surface area contributed by atoms with Crippen molar-refractivity contribution in [1.29, 1.82) is 0 Å². The van der Waals surface area contributed by atoms with E-state index < -0.39 is 0 Å². The van der Waals surface area contributed by atoms with Gasteiger partial charge in [-0.2, -0.15) is 0 Å². The third-order valence-electron chi connectivity index (χ3n) is 4.67. The Morgan fingerprint density at radius 3 is 2.43 bits per heavy atom. The van der Waals surface area contributed by atoms with Gasteiger partial charge in [-0.1, -0.05) is 42.5 Å². The Morgan fingerprint density at radius 1 is 1.09 bits per heavy atom. The molecule has 0 heterocycles. The average molecular weight is 311 g/mol. The Kier molecular flexibility index (Phi) is 4.87. The molecule has 0 spiro atoms. The lowest BCUT2D eigenvalue weighted by atomic mass is 9.98. The van der Waals surface area contributed by atoms with Gasteiger partial charge in [-0.25, -0.2) is 0 Å². The SMILES string of the molecule is CNC(CCCc1ccccc1)(Oc1ccccc1O)C1CC1. The average Bonchev–Trinajstić information content (AvgIpc) is 3.42. The maximum atomic E-state index is 10.0. The van der Waals surface area contributed by atoms with E-state index in [1.807, 2.05) is 31.3 Å². The lowest BCUT2D eigenvalue weighted by Crippen LogP contribution is -2.50. The maximum absolute atomic E-state index is 10.0. The molecule has 1 aliphatic rings. The minimum absolute atomic E-state index is 0.204. The van der Waals surface area contributed by atoms with E-state index in [2.05, 4.69) is 29.6 Å². The van der Waals surface area contributed by atoms with Crippen LogP contribution >= 0.6 is 0 Å². The van der Waals surface area contributed by atoms with Gasteiger partial charge in [0.2, 0.25) is 0 Å². The van der Waals surface area contributed by atoms with Gasteiger partial charge in [-0.05, 0) is 50.4 Å². The van der Waals surface area contributed by atoms with Gasteiger partial charge in [-0.15, -0.1) is 0 Å². The zero-order valence-corrected chi connectivity index (χ0v) is 13.7. The predicted octanol–water partition coefficient (Wildman–Crippen LogP) is 4.12. The van der Waals surface area contributed by atoms with Crippen molar-refractivity contribution >= 4 is 0 Å². The molecule has 0 saturated heterocycles. The number of aromatic hydroxyl groups is 1. The van der Waals surface area contributed by atoms with Crippen LogP contribution in [-0.2, 0) is 6.42 Å². The van der Waals surface area contributed by atoms with Crippen molar-refractivity contribution in [3.63, 3.8) is 0 Å². The molecule has 122 valence electrons. The first kappa shape index (κ1) is 15.9. The summed E-state index contributed by atoms with van der Waals surface area (Å²) in [4.78, 5) is 0. The number of aryl methyl sites for hydroxylation is 1. The summed E-state index contributed by atoms with van der Waals surface area (Å²) in [5, 5.41) is 13.4. The Bertz CT molecular complexity index is 625. The fraction of sp³-hybridized carbons (Fsp3) is 0.400. The van der Waals surface area contributed by atoms with E-state index in [0.29, 0.717) is 11.7 Å². The van der Waals surface area contributed by atoms with E-state index in [0.717, 1.165) is 19.3 Å². The van der Waals surface area contributed by atoms with E-state index in [4.69, 9.17) is 4.74 Å². The molecule has 1 aliphatic carbocycles. The predicted molar refractivity (Wildman–Crippen MR) is 92.6 cm³/mol. The summed E-state index contributed by atoms with van der Waals surface area (Å²) in [5.74, 6) is 1.28. The number of phenols is 1. The summed E-state index contributed by atoms with van der Waals surface area (Å²) in [6.07, 6.45) is 5.38. The van der Waals surface area contributed by atoms with Crippen molar-refractivity contribution in [3.05, 3.63) is 60.2 Å². The van der Waals surface area contributed by atoms with Gasteiger partial charge in [0, 0.05) is 12.3 Å². The van der Waals surface area contributed by atoms with E-state index in [9.17, 15) is 5.11 Å². The molecule has 3 heteroatoms. The van der Waals surface area contributed by atoms with Gasteiger partial charge in [0.05, 0.1) is 0 Å². The molecule has 2 aromatic carbocycles. The second-order valence-electron chi connectivity index (χ2n) is 6.32.